The molecule has 2 aromatic carbocycles. The summed E-state index contributed by atoms with van der Waals surface area (Å²) in [6.45, 7) is 5.91. The number of aryl methyl sites for hydroxylation is 3. The fourth-order valence-electron chi connectivity index (χ4n) is 3.32. The number of para-hydroxylation sites is 1. The number of amides is 1. The SMILES string of the molecule is Cc1ccnc(-n2c(SCC(=O)Nc3ccc(C)cc3C)nc3ccccc3c2=O)c1. The largest absolute Gasteiger partial charge is 0.325 e. The average molecular weight is 431 g/mol. The minimum Gasteiger partial charge on any atom is -0.325 e. The Balaban J connectivity index is 1.67. The van der Waals surface area contributed by atoms with Crippen molar-refractivity contribution in [1.82, 2.24) is 14.5 Å². The molecule has 31 heavy (non-hydrogen) atoms. The van der Waals surface area contributed by atoms with E-state index >= 15 is 0 Å². The Morgan fingerprint density at radius 2 is 1.81 bits per heavy atom. The van der Waals surface area contributed by atoms with Gasteiger partial charge in [-0.15, -0.1) is 0 Å². The van der Waals surface area contributed by atoms with Crippen molar-refractivity contribution in [3.8, 4) is 5.82 Å². The number of thioether (sulfide) groups is 1. The summed E-state index contributed by atoms with van der Waals surface area (Å²) < 4.78 is 1.48. The number of carbonyl (C=O) groups excluding carboxylic acids is 1. The molecule has 6 nitrogen and oxygen atoms in total. The number of fused-ring (bicyclic) bond motifs is 1. The molecule has 4 aromatic rings. The van der Waals surface area contributed by atoms with Gasteiger partial charge in [-0.05, 0) is 62.2 Å². The van der Waals surface area contributed by atoms with Gasteiger partial charge in [-0.25, -0.2) is 14.5 Å². The fraction of sp³-hybridized carbons (Fsp3) is 0.167. The predicted octanol–water partition coefficient (Wildman–Crippen LogP) is 4.44. The number of nitrogens with zero attached hydrogens (tertiary/aromatic N) is 3. The molecule has 0 bridgehead atoms. The maximum Gasteiger partial charge on any atom is 0.267 e. The fourth-order valence-corrected chi connectivity index (χ4v) is 4.12. The van der Waals surface area contributed by atoms with Crippen molar-refractivity contribution < 1.29 is 4.79 Å². The summed E-state index contributed by atoms with van der Waals surface area (Å²) >= 11 is 1.21. The van der Waals surface area contributed by atoms with E-state index in [9.17, 15) is 9.59 Å². The van der Waals surface area contributed by atoms with Crippen molar-refractivity contribution in [2.24, 2.45) is 0 Å². The molecule has 1 N–H and O–H groups in total. The second kappa shape index (κ2) is 8.73. The molecule has 1 amide bonds. The van der Waals surface area contributed by atoms with Gasteiger partial charge in [-0.1, -0.05) is 41.6 Å². The third kappa shape index (κ3) is 4.51. The lowest BCUT2D eigenvalue weighted by Crippen LogP contribution is -2.23. The Bertz CT molecular complexity index is 1350. The first-order valence-electron chi connectivity index (χ1n) is 9.87. The van der Waals surface area contributed by atoms with E-state index in [-0.39, 0.29) is 17.2 Å². The van der Waals surface area contributed by atoms with Gasteiger partial charge < -0.3 is 5.32 Å². The van der Waals surface area contributed by atoms with Gasteiger partial charge in [0.25, 0.3) is 5.56 Å². The minimum absolute atomic E-state index is 0.115. The molecule has 0 saturated heterocycles. The zero-order chi connectivity index (χ0) is 22.0. The highest BCUT2D eigenvalue weighted by atomic mass is 32.2. The van der Waals surface area contributed by atoms with Gasteiger partial charge in [-0.2, -0.15) is 0 Å². The standard InChI is InChI=1S/C24H22N4O2S/c1-15-8-9-19(17(3)12-15)26-22(29)14-31-24-27-20-7-5-4-6-18(20)23(30)28(24)21-13-16(2)10-11-25-21/h4-13H,14H2,1-3H3,(H,26,29). The van der Waals surface area contributed by atoms with Crippen LogP contribution in [0, 0.1) is 20.8 Å². The molecule has 0 saturated carbocycles. The minimum atomic E-state index is -0.207. The number of aromatic nitrogens is 3. The number of carbonyl (C=O) groups is 1. The van der Waals surface area contributed by atoms with Gasteiger partial charge in [0.05, 0.1) is 16.7 Å². The number of hydrogen-bond donors (Lipinski definition) is 1. The van der Waals surface area contributed by atoms with Crippen molar-refractivity contribution in [3.05, 3.63) is 87.8 Å². The molecule has 7 heteroatoms. The topological polar surface area (TPSA) is 76.9 Å². The van der Waals surface area contributed by atoms with Gasteiger partial charge in [-0.3, -0.25) is 9.59 Å². The van der Waals surface area contributed by atoms with Crippen molar-refractivity contribution in [3.63, 3.8) is 0 Å². The Morgan fingerprint density at radius 1 is 1.03 bits per heavy atom. The van der Waals surface area contributed by atoms with Crippen LogP contribution in [0.15, 0.2) is 70.7 Å². The van der Waals surface area contributed by atoms with Gasteiger partial charge in [0, 0.05) is 11.9 Å². The molecule has 0 fully saturated rings. The van der Waals surface area contributed by atoms with E-state index in [4.69, 9.17) is 0 Å². The predicted molar refractivity (Wildman–Crippen MR) is 125 cm³/mol. The lowest BCUT2D eigenvalue weighted by atomic mass is 10.1. The first-order valence-corrected chi connectivity index (χ1v) is 10.9. The monoisotopic (exact) mass is 430 g/mol. The van der Waals surface area contributed by atoms with E-state index in [0.29, 0.717) is 21.9 Å². The van der Waals surface area contributed by atoms with Crippen LogP contribution < -0.4 is 10.9 Å². The summed E-state index contributed by atoms with van der Waals surface area (Å²) in [6.07, 6.45) is 1.66. The number of benzene rings is 2. The number of anilines is 1. The van der Waals surface area contributed by atoms with E-state index in [2.05, 4.69) is 15.3 Å². The van der Waals surface area contributed by atoms with Crippen LogP contribution in [0.1, 0.15) is 16.7 Å². The summed E-state index contributed by atoms with van der Waals surface area (Å²) in [7, 11) is 0. The highest BCUT2D eigenvalue weighted by molar-refractivity contribution is 7.99. The lowest BCUT2D eigenvalue weighted by Gasteiger charge is -2.13. The summed E-state index contributed by atoms with van der Waals surface area (Å²) in [5, 5.41) is 3.87. The number of nitrogens with one attached hydrogen (secondary N) is 1. The average Bonchev–Trinajstić information content (AvgIpc) is 2.74. The van der Waals surface area contributed by atoms with Crippen LogP contribution in [0.4, 0.5) is 5.69 Å². The normalized spacial score (nSPS) is 10.9. The van der Waals surface area contributed by atoms with E-state index < -0.39 is 0 Å². The second-order valence-corrected chi connectivity index (χ2v) is 8.34. The Morgan fingerprint density at radius 3 is 2.58 bits per heavy atom. The third-order valence-corrected chi connectivity index (χ3v) is 5.80. The van der Waals surface area contributed by atoms with Crippen molar-refractivity contribution in [1.29, 1.82) is 0 Å². The molecule has 0 radical (unpaired) electrons. The number of rotatable bonds is 5. The van der Waals surface area contributed by atoms with Crippen LogP contribution in [0.25, 0.3) is 16.7 Å². The van der Waals surface area contributed by atoms with Crippen LogP contribution in [0.5, 0.6) is 0 Å². The van der Waals surface area contributed by atoms with Crippen LogP contribution in [-0.4, -0.2) is 26.2 Å². The molecule has 0 spiro atoms. The van der Waals surface area contributed by atoms with Crippen molar-refractivity contribution >= 4 is 34.3 Å². The Kier molecular flexibility index (Phi) is 5.86. The van der Waals surface area contributed by atoms with E-state index in [1.54, 1.807) is 18.3 Å². The molecule has 2 aromatic heterocycles. The molecule has 2 heterocycles. The molecule has 4 rings (SSSR count). The number of hydrogen-bond acceptors (Lipinski definition) is 5. The van der Waals surface area contributed by atoms with Crippen LogP contribution in [0.3, 0.4) is 0 Å². The van der Waals surface area contributed by atoms with E-state index in [1.165, 1.54) is 16.3 Å². The molecule has 156 valence electrons. The molecule has 0 aliphatic rings. The van der Waals surface area contributed by atoms with Gasteiger partial charge >= 0.3 is 0 Å². The van der Waals surface area contributed by atoms with Gasteiger partial charge in [0.15, 0.2) is 5.16 Å². The smallest absolute Gasteiger partial charge is 0.267 e. The maximum absolute atomic E-state index is 13.2. The zero-order valence-corrected chi connectivity index (χ0v) is 18.4. The van der Waals surface area contributed by atoms with Crippen LogP contribution >= 0.6 is 11.8 Å². The number of pyridine rings is 1. The first kappa shape index (κ1) is 20.8. The third-order valence-electron chi connectivity index (χ3n) is 4.86. The molecule has 0 aliphatic carbocycles. The highest BCUT2D eigenvalue weighted by Gasteiger charge is 2.16. The highest BCUT2D eigenvalue weighted by Crippen LogP contribution is 2.22. The Labute approximate surface area is 184 Å². The summed E-state index contributed by atoms with van der Waals surface area (Å²) in [6, 6.07) is 16.8. The first-order chi connectivity index (χ1) is 14.9. The maximum atomic E-state index is 13.2. The van der Waals surface area contributed by atoms with Gasteiger partial charge in [0.1, 0.15) is 5.82 Å². The van der Waals surface area contributed by atoms with Crippen LogP contribution in [0.2, 0.25) is 0 Å². The van der Waals surface area contributed by atoms with Crippen LogP contribution in [-0.2, 0) is 4.79 Å². The van der Waals surface area contributed by atoms with Gasteiger partial charge in [0.2, 0.25) is 5.91 Å². The second-order valence-electron chi connectivity index (χ2n) is 7.40. The summed E-state index contributed by atoms with van der Waals surface area (Å²) in [5.41, 5.74) is 4.28. The Hall–Kier alpha value is -3.45. The lowest BCUT2D eigenvalue weighted by molar-refractivity contribution is -0.113. The summed E-state index contributed by atoms with van der Waals surface area (Å²) in [5.74, 6) is 0.438. The molecule has 0 atom stereocenters. The molecule has 0 unspecified atom stereocenters. The van der Waals surface area contributed by atoms with Crippen molar-refractivity contribution in [2.45, 2.75) is 25.9 Å². The van der Waals surface area contributed by atoms with Crippen molar-refractivity contribution in [2.75, 3.05) is 11.1 Å². The quantitative estimate of drug-likeness (QED) is 0.374. The molecular weight excluding hydrogens is 408 g/mol. The zero-order valence-electron chi connectivity index (χ0n) is 17.5. The van der Waals surface area contributed by atoms with E-state index in [1.807, 2.05) is 63.2 Å². The van der Waals surface area contributed by atoms with E-state index in [0.717, 1.165) is 22.4 Å². The summed E-state index contributed by atoms with van der Waals surface area (Å²) in [4.78, 5) is 34.9. The molecule has 0 aliphatic heterocycles. The molecular formula is C24H22N4O2S.